The third-order valence-corrected chi connectivity index (χ3v) is 4.62. The summed E-state index contributed by atoms with van der Waals surface area (Å²) in [4.78, 5) is 14.2. The molecule has 138 valence electrons. The summed E-state index contributed by atoms with van der Waals surface area (Å²) in [5.74, 6) is 1.21. The van der Waals surface area contributed by atoms with Crippen LogP contribution in [0.1, 0.15) is 18.1 Å². The molecule has 0 spiro atoms. The maximum absolute atomic E-state index is 12.5. The molecule has 4 nitrogen and oxygen atoms in total. The molecule has 6 heteroatoms. The summed E-state index contributed by atoms with van der Waals surface area (Å²) in [7, 11) is 3.18. The normalized spacial score (nSPS) is 10.8. The van der Waals surface area contributed by atoms with Crippen LogP contribution in [0.2, 0.25) is 10.0 Å². The first-order chi connectivity index (χ1) is 12.5. The highest BCUT2D eigenvalue weighted by Crippen LogP contribution is 2.28. The van der Waals surface area contributed by atoms with Gasteiger partial charge in [0.25, 0.3) is 0 Å². The van der Waals surface area contributed by atoms with Crippen molar-refractivity contribution < 1.29 is 14.3 Å². The molecule has 0 bridgehead atoms. The van der Waals surface area contributed by atoms with E-state index in [1.54, 1.807) is 37.3 Å². The number of hydrogen-bond acceptors (Lipinski definition) is 3. The molecule has 0 aliphatic rings. The van der Waals surface area contributed by atoms with E-state index in [4.69, 9.17) is 32.7 Å². The van der Waals surface area contributed by atoms with Crippen LogP contribution >= 0.6 is 23.2 Å². The molecule has 0 heterocycles. The molecule has 0 fully saturated rings. The number of ether oxygens (including phenoxy) is 2. The summed E-state index contributed by atoms with van der Waals surface area (Å²) in [6, 6.07) is 10.9. The summed E-state index contributed by atoms with van der Waals surface area (Å²) in [6.07, 6.45) is 3.26. The Kier molecular flexibility index (Phi) is 7.37. The molecule has 26 heavy (non-hydrogen) atoms. The van der Waals surface area contributed by atoms with Gasteiger partial charge in [-0.3, -0.25) is 4.79 Å². The first-order valence-corrected chi connectivity index (χ1v) is 8.87. The van der Waals surface area contributed by atoms with Gasteiger partial charge in [-0.2, -0.15) is 0 Å². The Bertz CT molecular complexity index is 806. The minimum Gasteiger partial charge on any atom is -0.493 e. The Balaban J connectivity index is 2.11. The molecule has 0 saturated carbocycles. The van der Waals surface area contributed by atoms with E-state index in [1.807, 2.05) is 31.2 Å². The van der Waals surface area contributed by atoms with Gasteiger partial charge in [-0.1, -0.05) is 35.3 Å². The van der Waals surface area contributed by atoms with Crippen LogP contribution < -0.4 is 9.47 Å². The van der Waals surface area contributed by atoms with Crippen LogP contribution in [0.4, 0.5) is 0 Å². The molecule has 1 amide bonds. The standard InChI is InChI=1S/C20H21Cl2NO3/c1-4-23(13-15-6-9-18(25-2)19(12-15)26-3)20(24)10-7-14-5-8-16(21)17(22)11-14/h5-12H,4,13H2,1-3H3/b10-7+. The van der Waals surface area contributed by atoms with Gasteiger partial charge in [0.2, 0.25) is 5.91 Å². The molecule has 2 aromatic carbocycles. The molecule has 0 N–H and O–H groups in total. The van der Waals surface area contributed by atoms with Gasteiger partial charge in [-0.25, -0.2) is 0 Å². The van der Waals surface area contributed by atoms with Crippen molar-refractivity contribution in [3.8, 4) is 11.5 Å². The Labute approximate surface area is 163 Å². The minimum atomic E-state index is -0.0895. The molecule has 0 aliphatic carbocycles. The number of likely N-dealkylation sites (N-methyl/N-ethyl adjacent to an activating group) is 1. The molecular weight excluding hydrogens is 373 g/mol. The zero-order valence-corrected chi connectivity index (χ0v) is 16.5. The fourth-order valence-electron chi connectivity index (χ4n) is 2.43. The van der Waals surface area contributed by atoms with E-state index in [0.29, 0.717) is 34.6 Å². The first kappa shape index (κ1) is 20.1. The van der Waals surface area contributed by atoms with Crippen molar-refractivity contribution in [2.45, 2.75) is 13.5 Å². The molecule has 0 atom stereocenters. The van der Waals surface area contributed by atoms with Crippen molar-refractivity contribution in [1.29, 1.82) is 0 Å². The number of benzene rings is 2. The largest absolute Gasteiger partial charge is 0.493 e. The third-order valence-electron chi connectivity index (χ3n) is 3.88. The number of methoxy groups -OCH3 is 2. The van der Waals surface area contributed by atoms with Gasteiger partial charge in [0.1, 0.15) is 0 Å². The van der Waals surface area contributed by atoms with Gasteiger partial charge in [0, 0.05) is 19.2 Å². The molecule has 0 unspecified atom stereocenters. The Morgan fingerprint density at radius 3 is 2.38 bits per heavy atom. The SMILES string of the molecule is CCN(Cc1ccc(OC)c(OC)c1)C(=O)/C=C/c1ccc(Cl)c(Cl)c1. The van der Waals surface area contributed by atoms with E-state index < -0.39 is 0 Å². The van der Waals surface area contributed by atoms with Gasteiger partial charge >= 0.3 is 0 Å². The number of carbonyl (C=O) groups is 1. The smallest absolute Gasteiger partial charge is 0.246 e. The molecule has 0 aromatic heterocycles. The fraction of sp³-hybridized carbons (Fsp3) is 0.250. The van der Waals surface area contributed by atoms with Gasteiger partial charge < -0.3 is 14.4 Å². The summed E-state index contributed by atoms with van der Waals surface area (Å²) < 4.78 is 10.6. The maximum Gasteiger partial charge on any atom is 0.246 e. The van der Waals surface area contributed by atoms with Gasteiger partial charge in [-0.05, 0) is 48.4 Å². The van der Waals surface area contributed by atoms with Gasteiger partial charge in [-0.15, -0.1) is 0 Å². The van der Waals surface area contributed by atoms with Crippen molar-refractivity contribution in [3.63, 3.8) is 0 Å². The van der Waals surface area contributed by atoms with E-state index in [2.05, 4.69) is 0 Å². The second-order valence-corrected chi connectivity index (χ2v) is 6.36. The van der Waals surface area contributed by atoms with Gasteiger partial charge in [0.05, 0.1) is 24.3 Å². The van der Waals surface area contributed by atoms with Crippen LogP contribution in [0.15, 0.2) is 42.5 Å². The van der Waals surface area contributed by atoms with Crippen LogP contribution in [-0.2, 0) is 11.3 Å². The lowest BCUT2D eigenvalue weighted by atomic mass is 10.1. The number of carbonyl (C=O) groups excluding carboxylic acids is 1. The van der Waals surface area contributed by atoms with Gasteiger partial charge in [0.15, 0.2) is 11.5 Å². The van der Waals surface area contributed by atoms with Crippen molar-refractivity contribution in [1.82, 2.24) is 4.90 Å². The summed E-state index contributed by atoms with van der Waals surface area (Å²) in [5.41, 5.74) is 1.77. The summed E-state index contributed by atoms with van der Waals surface area (Å²) >= 11 is 11.9. The van der Waals surface area contributed by atoms with Crippen molar-refractivity contribution in [2.24, 2.45) is 0 Å². The number of rotatable bonds is 7. The average Bonchev–Trinajstić information content (AvgIpc) is 2.66. The predicted octanol–water partition coefficient (Wildman–Crippen LogP) is 5.07. The number of nitrogens with zero attached hydrogens (tertiary/aromatic N) is 1. The third kappa shape index (κ3) is 5.16. The fourth-order valence-corrected chi connectivity index (χ4v) is 2.74. The second-order valence-electron chi connectivity index (χ2n) is 5.55. The van der Waals surface area contributed by atoms with Crippen LogP contribution in [0.3, 0.4) is 0 Å². The van der Waals surface area contributed by atoms with E-state index in [1.165, 1.54) is 6.08 Å². The number of hydrogen-bond donors (Lipinski definition) is 0. The van der Waals surface area contributed by atoms with Crippen LogP contribution in [0.5, 0.6) is 11.5 Å². The van der Waals surface area contributed by atoms with Crippen molar-refractivity contribution in [2.75, 3.05) is 20.8 Å². The van der Waals surface area contributed by atoms with E-state index in [9.17, 15) is 4.79 Å². The molecule has 0 aliphatic heterocycles. The van der Waals surface area contributed by atoms with E-state index in [0.717, 1.165) is 11.1 Å². The van der Waals surface area contributed by atoms with Crippen LogP contribution in [0.25, 0.3) is 6.08 Å². The van der Waals surface area contributed by atoms with Crippen LogP contribution in [0, 0.1) is 0 Å². The van der Waals surface area contributed by atoms with Crippen LogP contribution in [-0.4, -0.2) is 31.6 Å². The summed E-state index contributed by atoms with van der Waals surface area (Å²) in [6.45, 7) is 2.99. The molecular formula is C20H21Cl2NO3. The zero-order valence-electron chi connectivity index (χ0n) is 15.0. The molecule has 0 saturated heterocycles. The highest BCUT2D eigenvalue weighted by molar-refractivity contribution is 6.42. The topological polar surface area (TPSA) is 38.8 Å². The quantitative estimate of drug-likeness (QED) is 0.616. The first-order valence-electron chi connectivity index (χ1n) is 8.11. The summed E-state index contributed by atoms with van der Waals surface area (Å²) in [5, 5.41) is 0.942. The number of halogens is 2. The van der Waals surface area contributed by atoms with Crippen molar-refractivity contribution in [3.05, 3.63) is 63.6 Å². The Hall–Kier alpha value is -2.17. The lowest BCUT2D eigenvalue weighted by molar-refractivity contribution is -0.126. The second kappa shape index (κ2) is 9.51. The Morgan fingerprint density at radius 2 is 1.77 bits per heavy atom. The average molecular weight is 394 g/mol. The lowest BCUT2D eigenvalue weighted by Gasteiger charge is -2.20. The van der Waals surface area contributed by atoms with E-state index in [-0.39, 0.29) is 5.91 Å². The predicted molar refractivity (Wildman–Crippen MR) is 106 cm³/mol. The van der Waals surface area contributed by atoms with Crippen molar-refractivity contribution >= 4 is 35.2 Å². The highest BCUT2D eigenvalue weighted by atomic mass is 35.5. The Morgan fingerprint density at radius 1 is 1.04 bits per heavy atom. The molecule has 2 aromatic rings. The number of amides is 1. The minimum absolute atomic E-state index is 0.0895. The monoisotopic (exact) mass is 393 g/mol. The zero-order chi connectivity index (χ0) is 19.1. The maximum atomic E-state index is 12.5. The molecule has 0 radical (unpaired) electrons. The highest BCUT2D eigenvalue weighted by Gasteiger charge is 2.11. The van der Waals surface area contributed by atoms with E-state index >= 15 is 0 Å². The lowest BCUT2D eigenvalue weighted by Crippen LogP contribution is -2.28. The molecule has 2 rings (SSSR count).